The topological polar surface area (TPSA) is 58.7 Å². The maximum Gasteiger partial charge on any atom is 0.418 e. The molecule has 1 aromatic rings. The lowest BCUT2D eigenvalue weighted by atomic mass is 10.1. The molecule has 0 radical (unpaired) electrons. The van der Waals surface area contributed by atoms with E-state index in [4.69, 9.17) is 15.6 Å². The van der Waals surface area contributed by atoms with Crippen LogP contribution in [0.1, 0.15) is 18.4 Å². The standard InChI is InChI=1S/C14H19F3N2O2/c15-14(16,17)12-9-10(1-2-13(12)18)19-5-3-11(4-6-19)21-8-7-20/h1-2,9,11,20H,3-8,18H2. The molecule has 0 spiro atoms. The summed E-state index contributed by atoms with van der Waals surface area (Å²) in [5, 5.41) is 8.71. The first-order chi connectivity index (χ1) is 9.91. The molecule has 2 rings (SSSR count). The Morgan fingerprint density at radius 2 is 1.95 bits per heavy atom. The molecular weight excluding hydrogens is 285 g/mol. The number of halogens is 3. The number of rotatable bonds is 4. The Kier molecular flexibility index (Phi) is 4.95. The summed E-state index contributed by atoms with van der Waals surface area (Å²) in [4.78, 5) is 1.90. The van der Waals surface area contributed by atoms with E-state index in [-0.39, 0.29) is 18.4 Å². The van der Waals surface area contributed by atoms with Crippen molar-refractivity contribution in [2.75, 3.05) is 36.9 Å². The summed E-state index contributed by atoms with van der Waals surface area (Å²) in [6.07, 6.45) is -2.93. The predicted octanol–water partition coefficient (Wildman–Crippen LogP) is 2.27. The van der Waals surface area contributed by atoms with Gasteiger partial charge in [0.05, 0.1) is 24.9 Å². The molecule has 0 atom stereocenters. The van der Waals surface area contributed by atoms with Gasteiger partial charge in [0, 0.05) is 24.5 Å². The SMILES string of the molecule is Nc1ccc(N2CCC(OCCO)CC2)cc1C(F)(F)F. The number of nitrogen functional groups attached to an aromatic ring is 1. The number of nitrogens with zero attached hydrogens (tertiary/aromatic N) is 1. The van der Waals surface area contributed by atoms with E-state index in [9.17, 15) is 13.2 Å². The van der Waals surface area contributed by atoms with E-state index in [1.165, 1.54) is 6.07 Å². The Morgan fingerprint density at radius 3 is 2.52 bits per heavy atom. The minimum atomic E-state index is -4.44. The van der Waals surface area contributed by atoms with Crippen LogP contribution in [-0.2, 0) is 10.9 Å². The van der Waals surface area contributed by atoms with E-state index in [0.29, 0.717) is 25.4 Å². The van der Waals surface area contributed by atoms with Gasteiger partial charge in [-0.3, -0.25) is 0 Å². The van der Waals surface area contributed by atoms with Crippen LogP contribution in [0.2, 0.25) is 0 Å². The molecule has 0 aromatic heterocycles. The van der Waals surface area contributed by atoms with Crippen molar-refractivity contribution in [1.29, 1.82) is 0 Å². The minimum Gasteiger partial charge on any atom is -0.398 e. The number of hydrogen-bond donors (Lipinski definition) is 2. The second-order valence-corrected chi connectivity index (χ2v) is 5.05. The Hall–Kier alpha value is -1.47. The van der Waals surface area contributed by atoms with Crippen molar-refractivity contribution in [2.24, 2.45) is 0 Å². The fourth-order valence-electron chi connectivity index (χ4n) is 2.49. The predicted molar refractivity (Wildman–Crippen MR) is 74.1 cm³/mol. The molecule has 7 heteroatoms. The average Bonchev–Trinajstić information content (AvgIpc) is 2.45. The molecule has 1 saturated heterocycles. The molecule has 3 N–H and O–H groups in total. The van der Waals surface area contributed by atoms with Gasteiger partial charge in [0.25, 0.3) is 0 Å². The lowest BCUT2D eigenvalue weighted by Crippen LogP contribution is -2.37. The van der Waals surface area contributed by atoms with Gasteiger partial charge < -0.3 is 20.5 Å². The van der Waals surface area contributed by atoms with Gasteiger partial charge in [-0.1, -0.05) is 0 Å². The van der Waals surface area contributed by atoms with Crippen molar-refractivity contribution < 1.29 is 23.0 Å². The molecule has 0 amide bonds. The van der Waals surface area contributed by atoms with Gasteiger partial charge in [-0.2, -0.15) is 13.2 Å². The Morgan fingerprint density at radius 1 is 1.29 bits per heavy atom. The lowest BCUT2D eigenvalue weighted by Gasteiger charge is -2.33. The highest BCUT2D eigenvalue weighted by Crippen LogP contribution is 2.36. The highest BCUT2D eigenvalue weighted by atomic mass is 19.4. The second kappa shape index (κ2) is 6.53. The molecule has 1 fully saturated rings. The number of piperidine rings is 1. The first kappa shape index (κ1) is 15.9. The number of nitrogens with two attached hydrogens (primary N) is 1. The van der Waals surface area contributed by atoms with Gasteiger partial charge in [-0.05, 0) is 31.0 Å². The summed E-state index contributed by atoms with van der Waals surface area (Å²) >= 11 is 0. The van der Waals surface area contributed by atoms with E-state index < -0.39 is 11.7 Å². The molecule has 0 unspecified atom stereocenters. The molecule has 0 aliphatic carbocycles. The van der Waals surface area contributed by atoms with Crippen LogP contribution in [0.5, 0.6) is 0 Å². The van der Waals surface area contributed by atoms with E-state index >= 15 is 0 Å². The van der Waals surface area contributed by atoms with Crippen LogP contribution in [0.4, 0.5) is 24.5 Å². The van der Waals surface area contributed by atoms with Crippen LogP contribution in [0.25, 0.3) is 0 Å². The maximum absolute atomic E-state index is 12.9. The Bertz CT molecular complexity index is 472. The van der Waals surface area contributed by atoms with Crippen molar-refractivity contribution in [3.05, 3.63) is 23.8 Å². The quantitative estimate of drug-likeness (QED) is 0.838. The second-order valence-electron chi connectivity index (χ2n) is 5.05. The fourth-order valence-corrected chi connectivity index (χ4v) is 2.49. The lowest BCUT2D eigenvalue weighted by molar-refractivity contribution is -0.136. The third-order valence-electron chi connectivity index (χ3n) is 3.59. The van der Waals surface area contributed by atoms with Crippen LogP contribution in [0, 0.1) is 0 Å². The Labute approximate surface area is 121 Å². The molecule has 0 bridgehead atoms. The van der Waals surface area contributed by atoms with Crippen molar-refractivity contribution in [1.82, 2.24) is 0 Å². The number of anilines is 2. The number of aliphatic hydroxyl groups is 1. The summed E-state index contributed by atoms with van der Waals surface area (Å²) in [5.41, 5.74) is 4.88. The minimum absolute atomic E-state index is 0.0207. The zero-order chi connectivity index (χ0) is 15.5. The van der Waals surface area contributed by atoms with Crippen molar-refractivity contribution in [3.8, 4) is 0 Å². The molecule has 4 nitrogen and oxygen atoms in total. The molecule has 0 saturated carbocycles. The van der Waals surface area contributed by atoms with Crippen LogP contribution in [0.15, 0.2) is 18.2 Å². The van der Waals surface area contributed by atoms with Gasteiger partial charge in [0.2, 0.25) is 0 Å². The number of benzene rings is 1. The molecule has 1 heterocycles. The van der Waals surface area contributed by atoms with E-state index in [0.717, 1.165) is 18.9 Å². The molecule has 21 heavy (non-hydrogen) atoms. The summed E-state index contributed by atoms with van der Waals surface area (Å²) in [6.45, 7) is 1.52. The smallest absolute Gasteiger partial charge is 0.398 e. The zero-order valence-electron chi connectivity index (χ0n) is 11.6. The van der Waals surface area contributed by atoms with Gasteiger partial charge in [-0.15, -0.1) is 0 Å². The fraction of sp³-hybridized carbons (Fsp3) is 0.571. The van der Waals surface area contributed by atoms with Crippen molar-refractivity contribution >= 4 is 11.4 Å². The summed E-state index contributed by atoms with van der Waals surface area (Å²) in [5.74, 6) is 0. The third-order valence-corrected chi connectivity index (χ3v) is 3.59. The van der Waals surface area contributed by atoms with Gasteiger partial charge in [0.1, 0.15) is 0 Å². The average molecular weight is 304 g/mol. The molecular formula is C14H19F3N2O2. The number of aliphatic hydroxyl groups excluding tert-OH is 1. The van der Waals surface area contributed by atoms with Crippen molar-refractivity contribution in [3.63, 3.8) is 0 Å². The van der Waals surface area contributed by atoms with Crippen molar-refractivity contribution in [2.45, 2.75) is 25.1 Å². The summed E-state index contributed by atoms with van der Waals surface area (Å²) in [6, 6.07) is 4.01. The molecule has 1 aromatic carbocycles. The Balaban J connectivity index is 2.04. The van der Waals surface area contributed by atoms with E-state index in [1.807, 2.05) is 4.90 Å². The highest BCUT2D eigenvalue weighted by molar-refractivity contribution is 5.59. The van der Waals surface area contributed by atoms with Gasteiger partial charge in [-0.25, -0.2) is 0 Å². The highest BCUT2D eigenvalue weighted by Gasteiger charge is 2.33. The number of alkyl halides is 3. The number of ether oxygens (including phenoxy) is 1. The molecule has 1 aliphatic rings. The van der Waals surface area contributed by atoms with Gasteiger partial charge in [0.15, 0.2) is 0 Å². The van der Waals surface area contributed by atoms with E-state index in [1.54, 1.807) is 6.07 Å². The largest absolute Gasteiger partial charge is 0.418 e. The molecule has 1 aliphatic heterocycles. The summed E-state index contributed by atoms with van der Waals surface area (Å²) < 4.78 is 44.0. The number of hydrogen-bond acceptors (Lipinski definition) is 4. The first-order valence-corrected chi connectivity index (χ1v) is 6.86. The van der Waals surface area contributed by atoms with Crippen LogP contribution in [-0.4, -0.2) is 37.5 Å². The summed E-state index contributed by atoms with van der Waals surface area (Å²) in [7, 11) is 0. The van der Waals surface area contributed by atoms with E-state index in [2.05, 4.69) is 0 Å². The van der Waals surface area contributed by atoms with Gasteiger partial charge >= 0.3 is 6.18 Å². The first-order valence-electron chi connectivity index (χ1n) is 6.86. The van der Waals surface area contributed by atoms with Crippen LogP contribution in [0.3, 0.4) is 0 Å². The molecule has 118 valence electrons. The van der Waals surface area contributed by atoms with Crippen LogP contribution >= 0.6 is 0 Å². The third kappa shape index (κ3) is 4.01. The van der Waals surface area contributed by atoms with Crippen LogP contribution < -0.4 is 10.6 Å². The normalized spacial score (nSPS) is 17.2. The maximum atomic E-state index is 12.9. The zero-order valence-corrected chi connectivity index (χ0v) is 11.6. The monoisotopic (exact) mass is 304 g/mol.